The molecule has 17 atom stereocenters. The summed E-state index contributed by atoms with van der Waals surface area (Å²) in [6.07, 6.45) is -20.1. The molecule has 0 aromatic carbocycles. The van der Waals surface area contributed by atoms with Gasteiger partial charge >= 0.3 is 0 Å². The van der Waals surface area contributed by atoms with Crippen LogP contribution in [0.1, 0.15) is 26.7 Å². The van der Waals surface area contributed by atoms with Crippen LogP contribution in [-0.4, -0.2) is 188 Å². The number of nitrogens with two attached hydrogens (primary N) is 3. The van der Waals surface area contributed by atoms with Crippen molar-refractivity contribution in [1.29, 1.82) is 0 Å². The Bertz CT molecular complexity index is 1290. The highest BCUT2D eigenvalue weighted by Gasteiger charge is 2.70. The van der Waals surface area contributed by atoms with Gasteiger partial charge in [-0.15, -0.1) is 0 Å². The van der Waals surface area contributed by atoms with Crippen LogP contribution in [-0.2, 0) is 43.9 Å². The molecule has 3 heterocycles. The van der Waals surface area contributed by atoms with Crippen LogP contribution in [0.4, 0.5) is 0 Å². The maximum Gasteiger partial charge on any atom is 0.273 e. The van der Waals surface area contributed by atoms with E-state index in [2.05, 4.69) is 0 Å². The largest absolute Gasteiger partial charge is 0.394 e. The van der Waals surface area contributed by atoms with Gasteiger partial charge in [-0.1, -0.05) is 13.8 Å². The summed E-state index contributed by atoms with van der Waals surface area (Å²) < 4.78 is 99.0. The molecule has 3 rings (SSSR count). The van der Waals surface area contributed by atoms with Crippen LogP contribution in [0.15, 0.2) is 0 Å². The lowest BCUT2D eigenvalue weighted by molar-refractivity contribution is -0.402. The molecule has 0 bridgehead atoms. The second-order valence-electron chi connectivity index (χ2n) is 12.0. The molecule has 0 aromatic heterocycles. The van der Waals surface area contributed by atoms with E-state index in [0.717, 1.165) is 0 Å². The summed E-state index contributed by atoms with van der Waals surface area (Å²) in [6.45, 7) is -1.05. The Morgan fingerprint density at radius 1 is 0.750 bits per heavy atom. The van der Waals surface area contributed by atoms with Gasteiger partial charge < -0.3 is 81.7 Å². The molecule has 16 N–H and O–H groups in total. The maximum absolute atomic E-state index is 12.8. The fourth-order valence-electron chi connectivity index (χ4n) is 6.60. The van der Waals surface area contributed by atoms with Crippen molar-refractivity contribution in [3.8, 4) is 0 Å². The smallest absolute Gasteiger partial charge is 0.273 e. The van der Waals surface area contributed by atoms with Gasteiger partial charge in [0.05, 0.1) is 37.9 Å². The Labute approximate surface area is 275 Å². The van der Waals surface area contributed by atoms with Gasteiger partial charge in [-0.05, 0) is 12.8 Å². The van der Waals surface area contributed by atoms with Crippen LogP contribution in [0.5, 0.6) is 0 Å². The van der Waals surface area contributed by atoms with Crippen molar-refractivity contribution in [3.05, 3.63) is 0 Å². The van der Waals surface area contributed by atoms with Gasteiger partial charge in [-0.3, -0.25) is 9.11 Å². The highest BCUT2D eigenvalue weighted by molar-refractivity contribution is 7.86. The van der Waals surface area contributed by atoms with E-state index in [1.54, 1.807) is 0 Å². The number of aliphatic hydroxyl groups excluding tert-OH is 8. The van der Waals surface area contributed by atoms with Gasteiger partial charge in [-0.25, -0.2) is 0 Å². The van der Waals surface area contributed by atoms with Crippen molar-refractivity contribution in [2.24, 2.45) is 17.2 Å². The number of aliphatic hydroxyl groups is 8. The molecule has 0 saturated carbocycles. The maximum atomic E-state index is 12.8. The van der Waals surface area contributed by atoms with E-state index in [4.69, 9.17) is 40.9 Å². The van der Waals surface area contributed by atoms with Gasteiger partial charge in [0.1, 0.15) is 64.9 Å². The average molecular weight is 746 g/mol. The van der Waals surface area contributed by atoms with Crippen LogP contribution in [0, 0.1) is 0 Å². The van der Waals surface area contributed by atoms with Crippen LogP contribution in [0.3, 0.4) is 0 Å². The molecule has 22 nitrogen and oxygen atoms in total. The summed E-state index contributed by atoms with van der Waals surface area (Å²) in [6, 6.07) is -5.41. The topological polar surface area (TPSA) is 395 Å². The summed E-state index contributed by atoms with van der Waals surface area (Å²) >= 11 is 0. The minimum atomic E-state index is -5.39. The van der Waals surface area contributed by atoms with Gasteiger partial charge in [0.15, 0.2) is 12.6 Å². The lowest BCUT2D eigenvalue weighted by Crippen LogP contribution is -2.81. The third kappa shape index (κ3) is 7.40. The van der Waals surface area contributed by atoms with E-state index in [1.807, 2.05) is 0 Å². The minimum Gasteiger partial charge on any atom is -0.394 e. The SMILES string of the molecule is CCC([C@@]1(OC2[C@@H](CO)O[C@@H](OC3[C@@H](CO)O[C@@H](O)[C@H](N)[C@H]3O)[C@H](N)[C@H]2O)O[C@@](CO)(C(CC)S(=O)(=O)O)[C@@H](O)[C@H](O)[C@H]1N)S(=O)(=O)O. The third-order valence-corrected chi connectivity index (χ3v) is 12.0. The standard InChI is InChI=1S/C24H47N3O19S2/c1-3-10(47(36,37)38)23(7-30)20(34)16(33)19(27)24(46-23,11(4-2)48(39,40)41)45-18-9(6-29)43-22(13(26)15(18)32)44-17-8(5-28)42-21(35)12(25)14(17)31/h8-22,28-35H,3-7,25-27H2,1-2H3,(H,36,37,38)(H,39,40,41)/t8-,9-,10?,11?,12-,13-,14-,15-,16-,17?,18?,19-,20+,21-,22+,23+,24-/m1/s1. The predicted molar refractivity (Wildman–Crippen MR) is 156 cm³/mol. The Kier molecular flexibility index (Phi) is 13.4. The van der Waals surface area contributed by atoms with Gasteiger partial charge in [-0.2, -0.15) is 16.8 Å². The van der Waals surface area contributed by atoms with E-state index in [9.17, 15) is 66.8 Å². The number of rotatable bonds is 13. The highest BCUT2D eigenvalue weighted by Crippen LogP contribution is 2.46. The van der Waals surface area contributed by atoms with Crippen molar-refractivity contribution >= 4 is 20.2 Å². The van der Waals surface area contributed by atoms with Crippen molar-refractivity contribution in [3.63, 3.8) is 0 Å². The number of hydrogen-bond acceptors (Lipinski definition) is 20. The van der Waals surface area contributed by atoms with E-state index in [1.165, 1.54) is 13.8 Å². The Morgan fingerprint density at radius 3 is 1.71 bits per heavy atom. The first-order valence-corrected chi connectivity index (χ1v) is 17.9. The first kappa shape index (κ1) is 41.6. The van der Waals surface area contributed by atoms with E-state index < -0.39 is 154 Å². The summed E-state index contributed by atoms with van der Waals surface area (Å²) in [5, 5.41) is 79.7. The molecule has 284 valence electrons. The highest BCUT2D eigenvalue weighted by atomic mass is 32.2. The quantitative estimate of drug-likeness (QED) is 0.0778. The zero-order valence-electron chi connectivity index (χ0n) is 25.9. The Morgan fingerprint density at radius 2 is 1.25 bits per heavy atom. The normalized spacial score (nSPS) is 45.9. The summed E-state index contributed by atoms with van der Waals surface area (Å²) in [5.41, 5.74) is 15.1. The lowest BCUT2D eigenvalue weighted by Gasteiger charge is -2.59. The molecule has 0 aliphatic carbocycles. The molecule has 0 radical (unpaired) electrons. The van der Waals surface area contributed by atoms with Gasteiger partial charge in [0.2, 0.25) is 5.79 Å². The van der Waals surface area contributed by atoms with Crippen molar-refractivity contribution in [2.45, 2.75) is 128 Å². The van der Waals surface area contributed by atoms with Crippen molar-refractivity contribution in [2.75, 3.05) is 19.8 Å². The second kappa shape index (κ2) is 15.4. The first-order chi connectivity index (χ1) is 22.1. The summed E-state index contributed by atoms with van der Waals surface area (Å²) in [7, 11) is -10.7. The fourth-order valence-corrected chi connectivity index (χ4v) is 8.88. The molecule has 3 aliphatic rings. The van der Waals surface area contributed by atoms with Crippen LogP contribution >= 0.6 is 0 Å². The fraction of sp³-hybridized carbons (Fsp3) is 1.00. The monoisotopic (exact) mass is 745 g/mol. The number of hydrogen-bond donors (Lipinski definition) is 13. The zero-order chi connectivity index (χ0) is 36.7. The molecular weight excluding hydrogens is 698 g/mol. The van der Waals surface area contributed by atoms with Crippen LogP contribution in [0.2, 0.25) is 0 Å². The zero-order valence-corrected chi connectivity index (χ0v) is 27.5. The predicted octanol–water partition coefficient (Wildman–Crippen LogP) is -7.60. The van der Waals surface area contributed by atoms with E-state index in [0.29, 0.717) is 0 Å². The number of ether oxygens (including phenoxy) is 5. The Hall–Kier alpha value is -0.820. The first-order valence-electron chi connectivity index (χ1n) is 14.9. The molecule has 4 unspecified atom stereocenters. The van der Waals surface area contributed by atoms with Gasteiger partial charge in [0.25, 0.3) is 20.2 Å². The van der Waals surface area contributed by atoms with Crippen molar-refractivity contribution < 1.29 is 90.5 Å². The molecular formula is C24H47N3O19S2. The van der Waals surface area contributed by atoms with Crippen LogP contribution in [0.25, 0.3) is 0 Å². The minimum absolute atomic E-state index is 0.609. The molecule has 3 fully saturated rings. The Balaban J connectivity index is 2.13. The molecule has 48 heavy (non-hydrogen) atoms. The molecule has 0 amide bonds. The molecule has 24 heteroatoms. The summed E-state index contributed by atoms with van der Waals surface area (Å²) in [5.74, 6) is -3.20. The molecule has 3 aliphatic heterocycles. The summed E-state index contributed by atoms with van der Waals surface area (Å²) in [4.78, 5) is 0. The molecule has 3 saturated heterocycles. The second-order valence-corrected chi connectivity index (χ2v) is 15.2. The molecule has 0 aromatic rings. The van der Waals surface area contributed by atoms with Gasteiger partial charge in [0, 0.05) is 0 Å². The average Bonchev–Trinajstić information content (AvgIpc) is 3.01. The van der Waals surface area contributed by atoms with Crippen molar-refractivity contribution in [1.82, 2.24) is 0 Å². The van der Waals surface area contributed by atoms with E-state index in [-0.39, 0.29) is 0 Å². The molecule has 0 spiro atoms. The van der Waals surface area contributed by atoms with Crippen LogP contribution < -0.4 is 17.2 Å². The lowest BCUT2D eigenvalue weighted by atomic mass is 9.78. The van der Waals surface area contributed by atoms with E-state index >= 15 is 0 Å². The third-order valence-electron chi connectivity index (χ3n) is 9.14.